The Bertz CT molecular complexity index is 2210. The van der Waals surface area contributed by atoms with Crippen LogP contribution in [0.4, 0.5) is 18.4 Å². The molecule has 0 aliphatic carbocycles. The van der Waals surface area contributed by atoms with Crippen LogP contribution in [0.1, 0.15) is 106 Å². The highest BCUT2D eigenvalue weighted by Crippen LogP contribution is 2.45. The lowest BCUT2D eigenvalue weighted by molar-refractivity contribution is -0.136. The molecule has 14 heteroatoms. The van der Waals surface area contributed by atoms with Crippen molar-refractivity contribution in [1.82, 2.24) is 29.6 Å². The first-order valence-electron chi connectivity index (χ1n) is 22.3. The van der Waals surface area contributed by atoms with E-state index >= 15 is 8.78 Å². The van der Waals surface area contributed by atoms with Crippen LogP contribution in [0.25, 0.3) is 33.2 Å². The second kappa shape index (κ2) is 17.2. The van der Waals surface area contributed by atoms with Crippen molar-refractivity contribution in [3.8, 4) is 11.4 Å². The van der Waals surface area contributed by atoms with Gasteiger partial charge < -0.3 is 39.0 Å². The predicted octanol–water partition coefficient (Wildman–Crippen LogP) is 8.72. The average molecular weight is 859 g/mol. The van der Waals surface area contributed by atoms with Crippen molar-refractivity contribution in [3.63, 3.8) is 0 Å². The van der Waals surface area contributed by atoms with Gasteiger partial charge in [0.05, 0.1) is 22.4 Å². The molecule has 0 saturated carbocycles. The van der Waals surface area contributed by atoms with Crippen LogP contribution in [-0.2, 0) is 45.0 Å². The summed E-state index contributed by atoms with van der Waals surface area (Å²) in [5.74, 6) is -1.46. The van der Waals surface area contributed by atoms with Crippen molar-refractivity contribution in [2.75, 3.05) is 13.1 Å². The molecule has 3 aliphatic rings. The number of halogens is 2. The maximum absolute atomic E-state index is 15.2. The third-order valence-electron chi connectivity index (χ3n) is 12.4. The Morgan fingerprint density at radius 1 is 0.629 bits per heavy atom. The minimum absolute atomic E-state index is 0.172. The maximum atomic E-state index is 15.2. The zero-order chi connectivity index (χ0) is 45.0. The van der Waals surface area contributed by atoms with E-state index in [0.29, 0.717) is 39.0 Å². The van der Waals surface area contributed by atoms with E-state index in [9.17, 15) is 19.2 Å². The summed E-state index contributed by atoms with van der Waals surface area (Å²) in [4.78, 5) is 58.5. The number of ether oxygens (including phenoxy) is 2. The number of carbonyl (C=O) groups excluding carboxylic acids is 4. The number of rotatable bonds is 10. The molecule has 2 N–H and O–H groups in total. The van der Waals surface area contributed by atoms with E-state index in [-0.39, 0.29) is 47.4 Å². The molecule has 5 heterocycles. The van der Waals surface area contributed by atoms with Crippen molar-refractivity contribution in [3.05, 3.63) is 59.2 Å². The van der Waals surface area contributed by atoms with Gasteiger partial charge in [0.15, 0.2) is 0 Å². The van der Waals surface area contributed by atoms with Gasteiger partial charge in [0.2, 0.25) is 11.8 Å². The molecule has 4 aromatic rings. The molecule has 0 radical (unpaired) electrons. The molecule has 0 spiro atoms. The summed E-state index contributed by atoms with van der Waals surface area (Å²) < 4.78 is 45.8. The molecule has 2 saturated heterocycles. The van der Waals surface area contributed by atoms with Crippen LogP contribution in [0.2, 0.25) is 0 Å². The van der Waals surface area contributed by atoms with E-state index in [2.05, 4.69) is 19.8 Å². The van der Waals surface area contributed by atoms with Gasteiger partial charge in [-0.1, -0.05) is 27.7 Å². The SMILES string of the molecule is CC(C)[C@H](NC(=O)OC(C)(C)C)C(=O)N1CCC[C@H]1Cc1c2n(c3cc(F)ccc13)CCn1c-2c(C[C@@H]2CCCN2C(=O)[C@@H](NC(=O)OC(C)(C)C)C(C)C)c2ccc(F)cc21. The predicted molar refractivity (Wildman–Crippen MR) is 236 cm³/mol. The summed E-state index contributed by atoms with van der Waals surface area (Å²) in [6, 6.07) is 7.71. The van der Waals surface area contributed by atoms with Crippen molar-refractivity contribution in [2.24, 2.45) is 11.8 Å². The molecule has 2 aromatic carbocycles. The lowest BCUT2D eigenvalue weighted by Gasteiger charge is -2.32. The van der Waals surface area contributed by atoms with Gasteiger partial charge in [0, 0.05) is 49.0 Å². The largest absolute Gasteiger partial charge is 0.444 e. The number of fused-ring (bicyclic) bond motifs is 7. The number of carbonyl (C=O) groups is 4. The Balaban J connectivity index is 1.28. The number of nitrogens with one attached hydrogen (secondary N) is 2. The fourth-order valence-corrected chi connectivity index (χ4v) is 9.81. The third-order valence-corrected chi connectivity index (χ3v) is 12.4. The minimum Gasteiger partial charge on any atom is -0.444 e. The molecule has 2 fully saturated rings. The van der Waals surface area contributed by atoms with E-state index in [4.69, 9.17) is 9.47 Å². The van der Waals surface area contributed by atoms with Gasteiger partial charge in [0.1, 0.15) is 34.9 Å². The highest BCUT2D eigenvalue weighted by molar-refractivity contribution is 5.98. The van der Waals surface area contributed by atoms with Gasteiger partial charge in [-0.3, -0.25) is 9.59 Å². The van der Waals surface area contributed by atoms with Gasteiger partial charge >= 0.3 is 12.2 Å². The number of alkyl carbamates (subject to hydrolysis) is 2. The molecule has 336 valence electrons. The first kappa shape index (κ1) is 44.9. The van der Waals surface area contributed by atoms with Crippen molar-refractivity contribution < 1.29 is 37.4 Å². The Kier molecular flexibility index (Phi) is 12.5. The molecular weight excluding hydrogens is 795 g/mol. The molecule has 2 aromatic heterocycles. The molecule has 12 nitrogen and oxygen atoms in total. The highest BCUT2D eigenvalue weighted by atomic mass is 19.1. The van der Waals surface area contributed by atoms with Gasteiger partial charge in [-0.05, 0) is 139 Å². The summed E-state index contributed by atoms with van der Waals surface area (Å²) in [6.07, 6.45) is 2.71. The Labute approximate surface area is 363 Å². The Morgan fingerprint density at radius 2 is 1.00 bits per heavy atom. The fourth-order valence-electron chi connectivity index (χ4n) is 9.81. The Hall–Kier alpha value is -5.14. The number of benzene rings is 2. The van der Waals surface area contributed by atoms with Crippen LogP contribution in [0.3, 0.4) is 0 Å². The molecule has 0 unspecified atom stereocenters. The van der Waals surface area contributed by atoms with Gasteiger partial charge in [0.25, 0.3) is 0 Å². The zero-order valence-corrected chi connectivity index (χ0v) is 38.0. The number of aromatic nitrogens is 2. The quantitative estimate of drug-likeness (QED) is 0.164. The fraction of sp³-hybridized carbons (Fsp3) is 0.583. The average Bonchev–Trinajstić information content (AvgIpc) is 3.96. The summed E-state index contributed by atoms with van der Waals surface area (Å²) in [5.41, 5.74) is 3.78. The van der Waals surface area contributed by atoms with Crippen LogP contribution >= 0.6 is 0 Å². The third kappa shape index (κ3) is 9.15. The molecule has 4 atom stereocenters. The number of hydrogen-bond donors (Lipinski definition) is 2. The maximum Gasteiger partial charge on any atom is 0.408 e. The van der Waals surface area contributed by atoms with Crippen LogP contribution in [0.5, 0.6) is 0 Å². The lowest BCUT2D eigenvalue weighted by atomic mass is 9.94. The number of amides is 4. The normalized spacial score (nSPS) is 18.9. The van der Waals surface area contributed by atoms with E-state index in [1.165, 1.54) is 12.1 Å². The molecular formula is C48H64F2N6O6. The van der Waals surface area contributed by atoms with Crippen LogP contribution < -0.4 is 10.6 Å². The number of hydrogen-bond acceptors (Lipinski definition) is 6. The number of aryl methyl sites for hydroxylation is 2. The zero-order valence-electron chi connectivity index (χ0n) is 38.0. The minimum atomic E-state index is -0.796. The Morgan fingerprint density at radius 3 is 1.34 bits per heavy atom. The van der Waals surface area contributed by atoms with E-state index in [0.717, 1.165) is 70.0 Å². The molecule has 3 aliphatic heterocycles. The van der Waals surface area contributed by atoms with E-state index < -0.39 is 35.5 Å². The summed E-state index contributed by atoms with van der Waals surface area (Å²) in [6.45, 7) is 20.4. The monoisotopic (exact) mass is 858 g/mol. The highest BCUT2D eigenvalue weighted by Gasteiger charge is 2.41. The van der Waals surface area contributed by atoms with Crippen molar-refractivity contribution in [1.29, 1.82) is 0 Å². The molecule has 4 amide bonds. The van der Waals surface area contributed by atoms with Gasteiger partial charge in [-0.25, -0.2) is 18.4 Å². The van der Waals surface area contributed by atoms with E-state index in [1.807, 2.05) is 49.6 Å². The standard InChI is InChI=1S/C48H64F2N6O6/c1-27(2)39(51-45(59)61-47(5,6)7)43(57)53-19-11-13-31(53)25-35-33-17-15-29(49)23-37(33)55-21-22-56-38-24-30(50)16-18-34(38)36(42(56)41(35)55)26-32-14-12-20-54(32)44(58)40(28(3)4)52-46(60)62-48(8,9)10/h15-18,23-24,27-28,31-32,39-40H,11-14,19-22,25-26H2,1-10H3,(H,51,59)(H,52,60)/t31-,32-,39-,40-/m0/s1. The van der Waals surface area contributed by atoms with E-state index in [1.54, 1.807) is 53.7 Å². The first-order chi connectivity index (χ1) is 29.1. The first-order valence-corrected chi connectivity index (χ1v) is 22.3. The second-order valence-corrected chi connectivity index (χ2v) is 20.1. The van der Waals surface area contributed by atoms with Crippen molar-refractivity contribution in [2.45, 2.75) is 156 Å². The molecule has 0 bridgehead atoms. The summed E-state index contributed by atoms with van der Waals surface area (Å²) >= 11 is 0. The summed E-state index contributed by atoms with van der Waals surface area (Å²) in [5, 5.41) is 7.46. The van der Waals surface area contributed by atoms with Crippen LogP contribution in [0.15, 0.2) is 36.4 Å². The molecule has 7 rings (SSSR count). The second-order valence-electron chi connectivity index (χ2n) is 20.1. The van der Waals surface area contributed by atoms with Crippen LogP contribution in [0, 0.1) is 23.5 Å². The summed E-state index contributed by atoms with van der Waals surface area (Å²) in [7, 11) is 0. The van der Waals surface area contributed by atoms with Gasteiger partial charge in [-0.2, -0.15) is 0 Å². The topological polar surface area (TPSA) is 127 Å². The number of nitrogens with zero attached hydrogens (tertiary/aromatic N) is 4. The van der Waals surface area contributed by atoms with Crippen molar-refractivity contribution >= 4 is 45.8 Å². The number of likely N-dealkylation sites (tertiary alicyclic amines) is 2. The van der Waals surface area contributed by atoms with Crippen LogP contribution in [-0.4, -0.2) is 91.4 Å². The molecule has 62 heavy (non-hydrogen) atoms. The lowest BCUT2D eigenvalue weighted by Crippen LogP contribution is -2.53. The smallest absolute Gasteiger partial charge is 0.408 e. The van der Waals surface area contributed by atoms with Gasteiger partial charge in [-0.15, -0.1) is 0 Å².